The number of carbonyl (C=O) groups excluding carboxylic acids is 2. The lowest BCUT2D eigenvalue weighted by Gasteiger charge is -2.38. The van der Waals surface area contributed by atoms with E-state index in [2.05, 4.69) is 15.4 Å². The van der Waals surface area contributed by atoms with Gasteiger partial charge in [0.15, 0.2) is 11.5 Å². The first-order chi connectivity index (χ1) is 13.7. The van der Waals surface area contributed by atoms with Crippen molar-refractivity contribution < 1.29 is 14.1 Å². The van der Waals surface area contributed by atoms with Crippen molar-refractivity contribution in [3.8, 4) is 16.7 Å². The lowest BCUT2D eigenvalue weighted by atomic mass is 9.92. The highest BCUT2D eigenvalue weighted by molar-refractivity contribution is 7.13. The fraction of sp³-hybridized carbons (Fsp3) is 0.500. The van der Waals surface area contributed by atoms with Crippen LogP contribution in [-0.2, 0) is 4.79 Å². The number of rotatable bonds is 11. The molecule has 1 fully saturated rings. The number of hydrogen-bond donors (Lipinski definition) is 1. The minimum Gasteiger partial charge on any atom is -0.355 e. The van der Waals surface area contributed by atoms with Crippen LogP contribution >= 0.6 is 11.3 Å². The van der Waals surface area contributed by atoms with Gasteiger partial charge in [0, 0.05) is 44.5 Å². The Kier molecular flexibility index (Phi) is 7.34. The van der Waals surface area contributed by atoms with Gasteiger partial charge in [0.25, 0.3) is 5.91 Å². The number of hydrogen-bond acceptors (Lipinski definition) is 7. The quantitative estimate of drug-likeness (QED) is 0.582. The van der Waals surface area contributed by atoms with Crippen LogP contribution in [0.15, 0.2) is 28.1 Å². The molecule has 0 atom stereocenters. The summed E-state index contributed by atoms with van der Waals surface area (Å²) < 4.78 is 5.22. The first-order valence-corrected chi connectivity index (χ1v) is 10.5. The van der Waals surface area contributed by atoms with E-state index in [1.165, 1.54) is 0 Å². The maximum Gasteiger partial charge on any atom is 0.273 e. The van der Waals surface area contributed by atoms with Crippen LogP contribution in [0, 0.1) is 17.2 Å². The van der Waals surface area contributed by atoms with Gasteiger partial charge in [-0.05, 0) is 30.8 Å². The molecule has 0 spiro atoms. The fourth-order valence-electron chi connectivity index (χ4n) is 3.19. The second kappa shape index (κ2) is 10.2. The van der Waals surface area contributed by atoms with Crippen molar-refractivity contribution in [2.24, 2.45) is 5.92 Å². The van der Waals surface area contributed by atoms with Crippen molar-refractivity contribution in [2.45, 2.75) is 32.1 Å². The van der Waals surface area contributed by atoms with E-state index in [4.69, 9.17) is 9.78 Å². The Hall–Kier alpha value is -2.50. The Morgan fingerprint density at radius 2 is 2.21 bits per heavy atom. The minimum absolute atomic E-state index is 0.120. The molecule has 1 aliphatic rings. The van der Waals surface area contributed by atoms with Crippen LogP contribution in [0.2, 0.25) is 0 Å². The van der Waals surface area contributed by atoms with Crippen molar-refractivity contribution in [1.82, 2.24) is 15.4 Å². The summed E-state index contributed by atoms with van der Waals surface area (Å²) in [5.74, 6) is 0.733. The fourth-order valence-corrected chi connectivity index (χ4v) is 3.86. The number of thiophene rings is 1. The number of ketones is 1. The average molecular weight is 401 g/mol. The molecule has 8 heteroatoms. The SMILES string of the molecule is N#CCCC(=O)C1CN(CCCCCNC(=O)c2cc(-c3cccs3)on2)C1. The Morgan fingerprint density at radius 3 is 2.96 bits per heavy atom. The lowest BCUT2D eigenvalue weighted by molar-refractivity contribution is -0.127. The zero-order valence-corrected chi connectivity index (χ0v) is 16.5. The molecule has 1 saturated heterocycles. The predicted molar refractivity (Wildman–Crippen MR) is 106 cm³/mol. The highest BCUT2D eigenvalue weighted by Crippen LogP contribution is 2.25. The van der Waals surface area contributed by atoms with E-state index >= 15 is 0 Å². The van der Waals surface area contributed by atoms with Gasteiger partial charge < -0.3 is 14.7 Å². The van der Waals surface area contributed by atoms with Gasteiger partial charge in [-0.3, -0.25) is 9.59 Å². The first-order valence-electron chi connectivity index (χ1n) is 9.58. The van der Waals surface area contributed by atoms with Crippen LogP contribution in [-0.4, -0.2) is 47.9 Å². The molecular weight excluding hydrogens is 376 g/mol. The van der Waals surface area contributed by atoms with Gasteiger partial charge >= 0.3 is 0 Å². The van der Waals surface area contributed by atoms with Gasteiger partial charge in [0.2, 0.25) is 0 Å². The zero-order chi connectivity index (χ0) is 19.8. The third-order valence-corrected chi connectivity index (χ3v) is 5.72. The molecule has 0 radical (unpaired) electrons. The molecule has 3 rings (SSSR count). The molecule has 7 nitrogen and oxygen atoms in total. The molecule has 1 amide bonds. The number of amides is 1. The van der Waals surface area contributed by atoms with Crippen LogP contribution < -0.4 is 5.32 Å². The number of likely N-dealkylation sites (tertiary alicyclic amines) is 1. The molecule has 0 aliphatic carbocycles. The summed E-state index contributed by atoms with van der Waals surface area (Å²) in [5, 5.41) is 17.2. The van der Waals surface area contributed by atoms with Crippen LogP contribution in [0.5, 0.6) is 0 Å². The topological polar surface area (TPSA) is 99.2 Å². The van der Waals surface area contributed by atoms with E-state index in [1.54, 1.807) is 17.4 Å². The molecule has 0 aromatic carbocycles. The van der Waals surface area contributed by atoms with Crippen LogP contribution in [0.3, 0.4) is 0 Å². The maximum atomic E-state index is 12.1. The molecule has 2 aromatic rings. The van der Waals surface area contributed by atoms with E-state index in [-0.39, 0.29) is 17.6 Å². The molecule has 28 heavy (non-hydrogen) atoms. The van der Waals surface area contributed by atoms with Gasteiger partial charge in [-0.25, -0.2) is 0 Å². The van der Waals surface area contributed by atoms with E-state index < -0.39 is 0 Å². The van der Waals surface area contributed by atoms with E-state index in [1.807, 2.05) is 23.6 Å². The maximum absolute atomic E-state index is 12.1. The number of nitrogens with zero attached hydrogens (tertiary/aromatic N) is 3. The molecule has 0 bridgehead atoms. The number of Topliss-reactive ketones (excluding diaryl/α,β-unsaturated/α-hetero) is 1. The summed E-state index contributed by atoms with van der Waals surface area (Å²) >= 11 is 1.54. The molecular formula is C20H24N4O3S. The molecule has 2 aromatic heterocycles. The molecule has 0 saturated carbocycles. The van der Waals surface area contributed by atoms with Crippen molar-refractivity contribution in [1.29, 1.82) is 5.26 Å². The molecule has 1 aliphatic heterocycles. The number of carbonyl (C=O) groups is 2. The third kappa shape index (κ3) is 5.50. The number of nitrogens with one attached hydrogen (secondary N) is 1. The van der Waals surface area contributed by atoms with Crippen molar-refractivity contribution in [3.05, 3.63) is 29.3 Å². The zero-order valence-electron chi connectivity index (χ0n) is 15.7. The van der Waals surface area contributed by atoms with Crippen LogP contribution in [0.1, 0.15) is 42.6 Å². The van der Waals surface area contributed by atoms with E-state index in [0.717, 1.165) is 43.8 Å². The van der Waals surface area contributed by atoms with Crippen LogP contribution in [0.25, 0.3) is 10.6 Å². The summed E-state index contributed by atoms with van der Waals surface area (Å²) in [5.41, 5.74) is 0.302. The number of nitriles is 1. The largest absolute Gasteiger partial charge is 0.355 e. The normalized spacial score (nSPS) is 14.4. The van der Waals surface area contributed by atoms with Gasteiger partial charge in [-0.1, -0.05) is 17.6 Å². The van der Waals surface area contributed by atoms with Gasteiger partial charge in [-0.15, -0.1) is 11.3 Å². The molecule has 148 valence electrons. The monoisotopic (exact) mass is 400 g/mol. The summed E-state index contributed by atoms with van der Waals surface area (Å²) in [6, 6.07) is 7.54. The highest BCUT2D eigenvalue weighted by Gasteiger charge is 2.31. The Labute approximate surface area is 168 Å². The molecule has 1 N–H and O–H groups in total. The summed E-state index contributed by atoms with van der Waals surface area (Å²) in [4.78, 5) is 27.1. The average Bonchev–Trinajstić information content (AvgIpc) is 3.34. The number of unbranched alkanes of at least 4 members (excludes halogenated alkanes) is 2. The first kappa shape index (κ1) is 20.2. The summed E-state index contributed by atoms with van der Waals surface area (Å²) in [6.07, 6.45) is 3.67. The minimum atomic E-state index is -0.215. The van der Waals surface area contributed by atoms with Gasteiger partial charge in [0.1, 0.15) is 5.78 Å². The standard InChI is InChI=1S/C20H24N4O3S/c21-8-4-6-17(25)15-13-24(14-15)10-3-1-2-9-22-20(26)16-12-18(27-23-16)19-7-5-11-28-19/h5,7,11-12,15H,1-4,6,9-10,13-14H2,(H,22,26). The lowest BCUT2D eigenvalue weighted by Crippen LogP contribution is -2.50. The smallest absolute Gasteiger partial charge is 0.273 e. The summed E-state index contributed by atoms with van der Waals surface area (Å²) in [7, 11) is 0. The third-order valence-electron chi connectivity index (χ3n) is 4.84. The van der Waals surface area contributed by atoms with Crippen molar-refractivity contribution in [2.75, 3.05) is 26.2 Å². The summed E-state index contributed by atoms with van der Waals surface area (Å²) in [6.45, 7) is 3.22. The molecule has 3 heterocycles. The Balaban J connectivity index is 1.24. The molecule has 0 unspecified atom stereocenters. The van der Waals surface area contributed by atoms with E-state index in [0.29, 0.717) is 30.8 Å². The highest BCUT2D eigenvalue weighted by atomic mass is 32.1. The second-order valence-electron chi connectivity index (χ2n) is 6.95. The second-order valence-corrected chi connectivity index (χ2v) is 7.90. The van der Waals surface area contributed by atoms with Crippen molar-refractivity contribution in [3.63, 3.8) is 0 Å². The van der Waals surface area contributed by atoms with Crippen molar-refractivity contribution >= 4 is 23.0 Å². The van der Waals surface area contributed by atoms with E-state index in [9.17, 15) is 9.59 Å². The Bertz CT molecular complexity index is 819. The Morgan fingerprint density at radius 1 is 1.36 bits per heavy atom. The van der Waals surface area contributed by atoms with Gasteiger partial charge in [-0.2, -0.15) is 5.26 Å². The van der Waals surface area contributed by atoms with Gasteiger partial charge in [0.05, 0.1) is 10.9 Å². The van der Waals surface area contributed by atoms with Crippen LogP contribution in [0.4, 0.5) is 0 Å². The predicted octanol–water partition coefficient (Wildman–Crippen LogP) is 3.11. The number of aromatic nitrogens is 1.